The van der Waals surface area contributed by atoms with E-state index < -0.39 is 0 Å². The topological polar surface area (TPSA) is 37.8 Å². The molecule has 3 nitrogen and oxygen atoms in total. The van der Waals surface area contributed by atoms with Crippen molar-refractivity contribution >= 4 is 27.4 Å². The Hall–Kier alpha value is -1.16. The molecular formula is C14H19N3S. The van der Waals surface area contributed by atoms with Crippen molar-refractivity contribution in [1.82, 2.24) is 9.97 Å². The van der Waals surface area contributed by atoms with Crippen LogP contribution in [0.25, 0.3) is 10.2 Å². The first kappa shape index (κ1) is 11.9. The summed E-state index contributed by atoms with van der Waals surface area (Å²) in [6, 6.07) is 2.62. The molecule has 0 saturated heterocycles. The molecule has 0 amide bonds. The smallest absolute Gasteiger partial charge is 0.147 e. The van der Waals surface area contributed by atoms with Crippen LogP contribution in [0, 0.1) is 5.92 Å². The minimum atomic E-state index is 0.563. The Morgan fingerprint density at radius 2 is 2.11 bits per heavy atom. The van der Waals surface area contributed by atoms with Crippen molar-refractivity contribution in [2.24, 2.45) is 5.92 Å². The molecule has 3 rings (SSSR count). The number of nitrogens with zero attached hydrogens (tertiary/aromatic N) is 2. The fraction of sp³-hybridized carbons (Fsp3) is 0.571. The molecule has 0 radical (unpaired) electrons. The number of rotatable bonds is 2. The van der Waals surface area contributed by atoms with Crippen molar-refractivity contribution in [3.63, 3.8) is 0 Å². The highest BCUT2D eigenvalue weighted by Crippen LogP contribution is 2.29. The van der Waals surface area contributed by atoms with E-state index in [-0.39, 0.29) is 0 Å². The van der Waals surface area contributed by atoms with E-state index in [0.717, 1.165) is 17.3 Å². The third-order valence-corrected chi connectivity index (χ3v) is 4.84. The molecule has 2 heterocycles. The number of hydrogen-bond donors (Lipinski definition) is 1. The SMILES string of the molecule is CC1CCCCCC1Nc1ncnc2ccsc12. The summed E-state index contributed by atoms with van der Waals surface area (Å²) in [4.78, 5) is 8.72. The van der Waals surface area contributed by atoms with Gasteiger partial charge in [0.25, 0.3) is 0 Å². The normalized spacial score (nSPS) is 24.9. The predicted molar refractivity (Wildman–Crippen MR) is 77.1 cm³/mol. The zero-order valence-electron chi connectivity index (χ0n) is 10.7. The van der Waals surface area contributed by atoms with Crippen LogP contribution >= 0.6 is 11.3 Å². The van der Waals surface area contributed by atoms with Gasteiger partial charge in [-0.3, -0.25) is 0 Å². The molecule has 2 unspecified atom stereocenters. The Balaban J connectivity index is 1.84. The van der Waals surface area contributed by atoms with Gasteiger partial charge < -0.3 is 5.32 Å². The van der Waals surface area contributed by atoms with Crippen LogP contribution in [0.3, 0.4) is 0 Å². The van der Waals surface area contributed by atoms with Crippen molar-refractivity contribution < 1.29 is 0 Å². The molecule has 2 aromatic heterocycles. The van der Waals surface area contributed by atoms with E-state index in [2.05, 4.69) is 33.7 Å². The summed E-state index contributed by atoms with van der Waals surface area (Å²) in [7, 11) is 0. The van der Waals surface area contributed by atoms with Gasteiger partial charge in [-0.25, -0.2) is 9.97 Å². The maximum Gasteiger partial charge on any atom is 0.147 e. The Morgan fingerprint density at radius 3 is 3.06 bits per heavy atom. The van der Waals surface area contributed by atoms with Gasteiger partial charge in [-0.15, -0.1) is 11.3 Å². The lowest BCUT2D eigenvalue weighted by Gasteiger charge is -2.23. The van der Waals surface area contributed by atoms with Crippen LogP contribution in [-0.2, 0) is 0 Å². The van der Waals surface area contributed by atoms with Gasteiger partial charge >= 0.3 is 0 Å². The molecule has 18 heavy (non-hydrogen) atoms. The van der Waals surface area contributed by atoms with Gasteiger partial charge in [0.1, 0.15) is 12.1 Å². The van der Waals surface area contributed by atoms with Crippen molar-refractivity contribution in [2.75, 3.05) is 5.32 Å². The molecule has 0 bridgehead atoms. The first-order chi connectivity index (χ1) is 8.84. The minimum Gasteiger partial charge on any atom is -0.366 e. The van der Waals surface area contributed by atoms with Crippen LogP contribution in [0.4, 0.5) is 5.82 Å². The number of fused-ring (bicyclic) bond motifs is 1. The van der Waals surface area contributed by atoms with Gasteiger partial charge in [-0.2, -0.15) is 0 Å². The molecule has 4 heteroatoms. The summed E-state index contributed by atoms with van der Waals surface area (Å²) in [6.07, 6.45) is 8.34. The van der Waals surface area contributed by atoms with Gasteiger partial charge in [0.15, 0.2) is 0 Å². The van der Waals surface area contributed by atoms with Crippen molar-refractivity contribution in [1.29, 1.82) is 0 Å². The molecule has 1 aliphatic carbocycles. The lowest BCUT2D eigenvalue weighted by atomic mass is 9.97. The van der Waals surface area contributed by atoms with Gasteiger partial charge in [0.05, 0.1) is 10.2 Å². The summed E-state index contributed by atoms with van der Waals surface area (Å²) < 4.78 is 1.19. The highest BCUT2D eigenvalue weighted by molar-refractivity contribution is 7.17. The first-order valence-electron chi connectivity index (χ1n) is 6.79. The van der Waals surface area contributed by atoms with Crippen LogP contribution < -0.4 is 5.32 Å². The fourth-order valence-corrected chi connectivity index (χ4v) is 3.57. The molecule has 1 fully saturated rings. The van der Waals surface area contributed by atoms with E-state index in [1.54, 1.807) is 17.7 Å². The Kier molecular flexibility index (Phi) is 3.46. The van der Waals surface area contributed by atoms with Crippen LogP contribution in [0.1, 0.15) is 39.0 Å². The maximum atomic E-state index is 4.43. The number of aromatic nitrogens is 2. The largest absolute Gasteiger partial charge is 0.366 e. The van der Waals surface area contributed by atoms with Crippen LogP contribution in [0.2, 0.25) is 0 Å². The Bertz CT molecular complexity index is 522. The quantitative estimate of drug-likeness (QED) is 0.828. The lowest BCUT2D eigenvalue weighted by molar-refractivity contribution is 0.456. The van der Waals surface area contributed by atoms with E-state index in [0.29, 0.717) is 6.04 Å². The van der Waals surface area contributed by atoms with Crippen LogP contribution in [0.5, 0.6) is 0 Å². The van der Waals surface area contributed by atoms with Crippen molar-refractivity contribution in [2.45, 2.75) is 45.1 Å². The molecule has 1 saturated carbocycles. The van der Waals surface area contributed by atoms with Crippen LogP contribution in [0.15, 0.2) is 17.8 Å². The van der Waals surface area contributed by atoms with E-state index >= 15 is 0 Å². The second kappa shape index (κ2) is 5.22. The number of hydrogen-bond acceptors (Lipinski definition) is 4. The van der Waals surface area contributed by atoms with Crippen molar-refractivity contribution in [3.05, 3.63) is 17.8 Å². The summed E-state index contributed by atoms with van der Waals surface area (Å²) in [5, 5.41) is 5.74. The zero-order valence-corrected chi connectivity index (χ0v) is 11.5. The third-order valence-electron chi connectivity index (χ3n) is 3.93. The summed E-state index contributed by atoms with van der Waals surface area (Å²) in [5.41, 5.74) is 1.05. The second-order valence-corrected chi connectivity index (χ2v) is 6.14. The molecule has 2 aromatic rings. The van der Waals surface area contributed by atoms with E-state index in [9.17, 15) is 0 Å². The number of thiophene rings is 1. The average Bonchev–Trinajstić information content (AvgIpc) is 2.77. The molecular weight excluding hydrogens is 242 g/mol. The Labute approximate surface area is 112 Å². The predicted octanol–water partition coefficient (Wildman–Crippen LogP) is 4.07. The van der Waals surface area contributed by atoms with Gasteiger partial charge in [0, 0.05) is 6.04 Å². The van der Waals surface area contributed by atoms with Gasteiger partial charge in [-0.1, -0.05) is 26.2 Å². The molecule has 0 aromatic carbocycles. The standard InChI is InChI=1S/C14H19N3S/c1-10-5-3-2-4-6-11(10)17-14-13-12(7-8-18-13)15-9-16-14/h7-11H,2-6H2,1H3,(H,15,16,17). The summed E-state index contributed by atoms with van der Waals surface area (Å²) >= 11 is 1.72. The highest BCUT2D eigenvalue weighted by atomic mass is 32.1. The van der Waals surface area contributed by atoms with E-state index in [1.165, 1.54) is 36.8 Å². The highest BCUT2D eigenvalue weighted by Gasteiger charge is 2.20. The van der Waals surface area contributed by atoms with Crippen LogP contribution in [-0.4, -0.2) is 16.0 Å². The first-order valence-corrected chi connectivity index (χ1v) is 7.67. The molecule has 1 aliphatic rings. The molecule has 0 aliphatic heterocycles. The summed E-state index contributed by atoms with van der Waals surface area (Å²) in [6.45, 7) is 2.36. The molecule has 2 atom stereocenters. The number of nitrogens with one attached hydrogen (secondary N) is 1. The second-order valence-electron chi connectivity index (χ2n) is 5.22. The van der Waals surface area contributed by atoms with E-state index in [4.69, 9.17) is 0 Å². The minimum absolute atomic E-state index is 0.563. The van der Waals surface area contributed by atoms with Gasteiger partial charge in [-0.05, 0) is 30.2 Å². The zero-order chi connectivity index (χ0) is 12.4. The molecule has 0 spiro atoms. The monoisotopic (exact) mass is 261 g/mol. The van der Waals surface area contributed by atoms with Crippen molar-refractivity contribution in [3.8, 4) is 0 Å². The molecule has 1 N–H and O–H groups in total. The Morgan fingerprint density at radius 1 is 1.22 bits per heavy atom. The lowest BCUT2D eigenvalue weighted by Crippen LogP contribution is -2.26. The van der Waals surface area contributed by atoms with Gasteiger partial charge in [0.2, 0.25) is 0 Å². The maximum absolute atomic E-state index is 4.43. The fourth-order valence-electron chi connectivity index (χ4n) is 2.77. The average molecular weight is 261 g/mol. The van der Waals surface area contributed by atoms with E-state index in [1.807, 2.05) is 0 Å². The summed E-state index contributed by atoms with van der Waals surface area (Å²) in [5.74, 6) is 1.76. The number of anilines is 1. The third kappa shape index (κ3) is 2.34. The molecule has 96 valence electrons.